The Balaban J connectivity index is 2.34. The molecule has 7 nitrogen and oxygen atoms in total. The summed E-state index contributed by atoms with van der Waals surface area (Å²) in [5, 5.41) is 17.4. The van der Waals surface area contributed by atoms with Crippen LogP contribution in [-0.2, 0) is 16.0 Å². The first-order valence-corrected chi connectivity index (χ1v) is 7.93. The predicted molar refractivity (Wildman–Crippen MR) is 89.8 cm³/mol. The van der Waals surface area contributed by atoms with Crippen LogP contribution in [0.3, 0.4) is 0 Å². The Morgan fingerprint density at radius 3 is 2.23 bits per heavy atom. The maximum atomic E-state index is 12.9. The Labute approximate surface area is 149 Å². The van der Waals surface area contributed by atoms with Crippen molar-refractivity contribution in [1.82, 2.24) is 0 Å². The second-order valence-corrected chi connectivity index (χ2v) is 6.94. The largest absolute Gasteiger partial charge is 0.479 e. The summed E-state index contributed by atoms with van der Waals surface area (Å²) in [5.74, 6) is -1.32. The molecule has 26 heavy (non-hydrogen) atoms. The summed E-state index contributed by atoms with van der Waals surface area (Å²) in [4.78, 5) is 16.1. The van der Waals surface area contributed by atoms with E-state index in [-0.39, 0.29) is 24.7 Å². The average molecular weight is 369 g/mol. The SMILES string of the molecule is CC(C)(C)OC(Cc1ccc(OC(C)(F)F)cc1)(C(=O)O)C1=NCN=N1. The molecule has 1 aromatic carbocycles. The minimum Gasteiger partial charge on any atom is -0.479 e. The van der Waals surface area contributed by atoms with Gasteiger partial charge < -0.3 is 14.6 Å². The highest BCUT2D eigenvalue weighted by Gasteiger charge is 2.49. The standard InChI is InChI=1S/C17H21F2N3O4/c1-15(2,3)26-17(14(23)24,13-20-10-21-22-13)9-11-5-7-12(8-6-11)25-16(4,18)19/h5-8H,9-10H2,1-4H3,(H,23,24). The van der Waals surface area contributed by atoms with Gasteiger partial charge >= 0.3 is 12.1 Å². The molecule has 1 atom stereocenters. The number of carbonyl (C=O) groups is 1. The molecule has 0 aliphatic carbocycles. The number of nitrogens with zero attached hydrogens (tertiary/aromatic N) is 3. The highest BCUT2D eigenvalue weighted by Crippen LogP contribution is 2.30. The normalized spacial score (nSPS) is 16.9. The quantitative estimate of drug-likeness (QED) is 0.793. The van der Waals surface area contributed by atoms with Gasteiger partial charge in [0.1, 0.15) is 5.75 Å². The van der Waals surface area contributed by atoms with Gasteiger partial charge in [0, 0.05) is 13.3 Å². The molecular formula is C17H21F2N3O4. The summed E-state index contributed by atoms with van der Waals surface area (Å²) in [6, 6.07) is 5.68. The molecule has 1 heterocycles. The van der Waals surface area contributed by atoms with Crippen molar-refractivity contribution in [3.63, 3.8) is 0 Å². The van der Waals surface area contributed by atoms with Gasteiger partial charge in [0.15, 0.2) is 12.5 Å². The molecule has 2 rings (SSSR count). The number of alkyl halides is 2. The molecule has 0 amide bonds. The van der Waals surface area contributed by atoms with Crippen molar-refractivity contribution in [3.8, 4) is 5.75 Å². The Hall–Kier alpha value is -2.42. The number of hydrogen-bond acceptors (Lipinski definition) is 6. The highest BCUT2D eigenvalue weighted by atomic mass is 19.3. The number of hydrogen-bond donors (Lipinski definition) is 1. The molecule has 1 N–H and O–H groups in total. The van der Waals surface area contributed by atoms with Crippen LogP contribution in [0.4, 0.5) is 8.78 Å². The monoisotopic (exact) mass is 369 g/mol. The van der Waals surface area contributed by atoms with Crippen molar-refractivity contribution >= 4 is 11.8 Å². The lowest BCUT2D eigenvalue weighted by molar-refractivity contribution is -0.170. The fraction of sp³-hybridized carbons (Fsp3) is 0.529. The lowest BCUT2D eigenvalue weighted by atomic mass is 9.91. The van der Waals surface area contributed by atoms with Crippen molar-refractivity contribution < 1.29 is 28.2 Å². The number of carboxylic acid groups (broad SMARTS) is 1. The molecule has 1 unspecified atom stereocenters. The van der Waals surface area contributed by atoms with Crippen LogP contribution in [0.25, 0.3) is 0 Å². The second kappa shape index (κ2) is 7.06. The molecule has 142 valence electrons. The van der Waals surface area contributed by atoms with Crippen molar-refractivity contribution in [2.24, 2.45) is 15.2 Å². The molecule has 0 bridgehead atoms. The first-order valence-electron chi connectivity index (χ1n) is 7.93. The summed E-state index contributed by atoms with van der Waals surface area (Å²) < 4.78 is 36.2. The van der Waals surface area contributed by atoms with Gasteiger partial charge in [0.2, 0.25) is 5.60 Å². The van der Waals surface area contributed by atoms with Crippen LogP contribution in [0.15, 0.2) is 39.5 Å². The zero-order valence-corrected chi connectivity index (χ0v) is 15.0. The van der Waals surface area contributed by atoms with Crippen LogP contribution in [-0.4, -0.2) is 40.9 Å². The Kier molecular flexibility index (Phi) is 5.41. The number of carboxylic acids is 1. The van der Waals surface area contributed by atoms with E-state index in [9.17, 15) is 18.7 Å². The third-order valence-electron chi connectivity index (χ3n) is 3.31. The number of aliphatic imine (C=N–C) groups is 1. The van der Waals surface area contributed by atoms with Crippen LogP contribution >= 0.6 is 0 Å². The van der Waals surface area contributed by atoms with E-state index < -0.39 is 23.3 Å². The molecule has 0 aromatic heterocycles. The van der Waals surface area contributed by atoms with E-state index in [4.69, 9.17) is 4.74 Å². The summed E-state index contributed by atoms with van der Waals surface area (Å²) >= 11 is 0. The third kappa shape index (κ3) is 5.04. The zero-order valence-electron chi connectivity index (χ0n) is 15.0. The van der Waals surface area contributed by atoms with Gasteiger partial charge in [-0.05, 0) is 38.5 Å². The van der Waals surface area contributed by atoms with Gasteiger partial charge in [0.25, 0.3) is 0 Å². The average Bonchev–Trinajstić information content (AvgIpc) is 3.00. The number of aliphatic carboxylic acids is 1. The number of ether oxygens (including phenoxy) is 2. The lowest BCUT2D eigenvalue weighted by Crippen LogP contribution is -2.53. The van der Waals surface area contributed by atoms with Gasteiger partial charge in [-0.3, -0.25) is 0 Å². The molecule has 0 fully saturated rings. The van der Waals surface area contributed by atoms with Crippen molar-refractivity contribution in [3.05, 3.63) is 29.8 Å². The van der Waals surface area contributed by atoms with Crippen molar-refractivity contribution in [2.45, 2.75) is 51.4 Å². The molecule has 0 radical (unpaired) electrons. The number of rotatable bonds is 7. The van der Waals surface area contributed by atoms with Crippen molar-refractivity contribution in [2.75, 3.05) is 6.67 Å². The first-order chi connectivity index (χ1) is 11.9. The van der Waals surface area contributed by atoms with Crippen molar-refractivity contribution in [1.29, 1.82) is 0 Å². The van der Waals surface area contributed by atoms with E-state index >= 15 is 0 Å². The molecule has 0 spiro atoms. The zero-order chi connectivity index (χ0) is 19.6. The summed E-state index contributed by atoms with van der Waals surface area (Å²) in [6.45, 7) is 5.83. The van der Waals surface area contributed by atoms with Crippen LogP contribution in [0, 0.1) is 0 Å². The molecule has 9 heteroatoms. The van der Waals surface area contributed by atoms with Gasteiger partial charge in [-0.25, -0.2) is 9.79 Å². The van der Waals surface area contributed by atoms with E-state index in [2.05, 4.69) is 20.0 Å². The minimum absolute atomic E-state index is 0.0275. The topological polar surface area (TPSA) is 92.8 Å². The van der Waals surface area contributed by atoms with Gasteiger partial charge in [-0.15, -0.1) is 5.11 Å². The molecule has 0 saturated carbocycles. The van der Waals surface area contributed by atoms with Crippen LogP contribution in [0.2, 0.25) is 0 Å². The van der Waals surface area contributed by atoms with Crippen LogP contribution < -0.4 is 4.74 Å². The Bertz CT molecular complexity index is 721. The third-order valence-corrected chi connectivity index (χ3v) is 3.31. The minimum atomic E-state index is -3.30. The maximum absolute atomic E-state index is 12.9. The van der Waals surface area contributed by atoms with E-state index in [1.807, 2.05) is 0 Å². The molecule has 1 aliphatic rings. The molecule has 1 aliphatic heterocycles. The van der Waals surface area contributed by atoms with Crippen LogP contribution in [0.5, 0.6) is 5.75 Å². The number of azo groups is 1. The predicted octanol–water partition coefficient (Wildman–Crippen LogP) is 3.68. The maximum Gasteiger partial charge on any atom is 0.394 e. The fourth-order valence-electron chi connectivity index (χ4n) is 2.51. The van der Waals surface area contributed by atoms with Gasteiger partial charge in [-0.1, -0.05) is 12.1 Å². The van der Waals surface area contributed by atoms with E-state index in [1.54, 1.807) is 20.8 Å². The number of amidine groups is 1. The van der Waals surface area contributed by atoms with E-state index in [0.717, 1.165) is 0 Å². The lowest BCUT2D eigenvalue weighted by Gasteiger charge is -2.34. The van der Waals surface area contributed by atoms with E-state index in [0.29, 0.717) is 12.5 Å². The Morgan fingerprint density at radius 2 is 1.81 bits per heavy atom. The second-order valence-electron chi connectivity index (χ2n) is 6.94. The molecular weight excluding hydrogens is 348 g/mol. The summed E-state index contributed by atoms with van der Waals surface area (Å²) in [7, 11) is 0. The highest BCUT2D eigenvalue weighted by molar-refractivity contribution is 6.09. The fourth-order valence-corrected chi connectivity index (χ4v) is 2.51. The Morgan fingerprint density at radius 1 is 1.19 bits per heavy atom. The summed E-state index contributed by atoms with van der Waals surface area (Å²) in [6.07, 6.45) is -3.40. The van der Waals surface area contributed by atoms with Crippen LogP contribution in [0.1, 0.15) is 33.3 Å². The van der Waals surface area contributed by atoms with E-state index in [1.165, 1.54) is 24.3 Å². The number of benzene rings is 1. The first kappa shape index (κ1) is 19.9. The number of halogens is 2. The van der Waals surface area contributed by atoms with Gasteiger partial charge in [-0.2, -0.15) is 13.9 Å². The molecule has 0 saturated heterocycles. The molecule has 1 aromatic rings. The smallest absolute Gasteiger partial charge is 0.394 e. The van der Waals surface area contributed by atoms with Gasteiger partial charge in [0.05, 0.1) is 5.60 Å². The summed E-state index contributed by atoms with van der Waals surface area (Å²) in [5.41, 5.74) is -2.10.